The maximum absolute atomic E-state index is 11.8. The van der Waals surface area contributed by atoms with Crippen LogP contribution in [0.15, 0.2) is 35.4 Å². The lowest BCUT2D eigenvalue weighted by Gasteiger charge is -2.31. The monoisotopic (exact) mass is 232 g/mol. The van der Waals surface area contributed by atoms with Gasteiger partial charge in [0.15, 0.2) is 5.72 Å². The largest absolute Gasteiger partial charge is 0.365 e. The number of hydrogen-bond acceptors (Lipinski definition) is 3. The molecule has 1 atom stereocenters. The van der Waals surface area contributed by atoms with Crippen LogP contribution in [0.1, 0.15) is 32.3 Å². The van der Waals surface area contributed by atoms with Gasteiger partial charge in [-0.05, 0) is 6.92 Å². The first kappa shape index (κ1) is 11.8. The third kappa shape index (κ3) is 1.96. The Balaban J connectivity index is 2.40. The quantitative estimate of drug-likeness (QED) is 0.846. The normalized spacial score (nSPS) is 23.7. The molecule has 1 N–H and O–H groups in total. The Hall–Kier alpha value is -1.68. The fourth-order valence-electron chi connectivity index (χ4n) is 2.06. The van der Waals surface area contributed by atoms with Crippen molar-refractivity contribution in [1.29, 1.82) is 0 Å². The lowest BCUT2D eigenvalue weighted by atomic mass is 9.97. The van der Waals surface area contributed by atoms with Gasteiger partial charge in [0.25, 0.3) is 0 Å². The smallest absolute Gasteiger partial charge is 0.245 e. The number of amides is 1. The summed E-state index contributed by atoms with van der Waals surface area (Å²) in [6.07, 6.45) is 0.689. The van der Waals surface area contributed by atoms with Crippen molar-refractivity contribution in [2.24, 2.45) is 5.10 Å². The third-order valence-corrected chi connectivity index (χ3v) is 2.90. The molecule has 1 aliphatic heterocycles. The molecule has 0 saturated carbocycles. The fourth-order valence-corrected chi connectivity index (χ4v) is 2.06. The highest BCUT2D eigenvalue weighted by molar-refractivity contribution is 5.89. The SMILES string of the molecule is CCC(=O)N1N=C(C)C[C@]1(O)c1ccccc1. The van der Waals surface area contributed by atoms with E-state index in [0.29, 0.717) is 18.4 Å². The molecule has 0 unspecified atom stereocenters. The van der Waals surface area contributed by atoms with Gasteiger partial charge in [-0.2, -0.15) is 10.1 Å². The van der Waals surface area contributed by atoms with Crippen LogP contribution in [0.25, 0.3) is 0 Å². The molecule has 0 spiro atoms. The standard InChI is InChI=1S/C13H16N2O2/c1-3-12(16)15-13(17,9-10(2)14-15)11-7-5-4-6-8-11/h4-8,17H,3,9H2,1-2H3/t13-/m0/s1. The van der Waals surface area contributed by atoms with E-state index in [1.54, 1.807) is 6.92 Å². The molecule has 0 saturated heterocycles. The Kier molecular flexibility index (Phi) is 2.98. The Morgan fingerprint density at radius 3 is 2.71 bits per heavy atom. The molecule has 4 heteroatoms. The first-order valence-electron chi connectivity index (χ1n) is 5.73. The topological polar surface area (TPSA) is 52.9 Å². The van der Waals surface area contributed by atoms with E-state index >= 15 is 0 Å². The van der Waals surface area contributed by atoms with Gasteiger partial charge in [-0.25, -0.2) is 0 Å². The summed E-state index contributed by atoms with van der Waals surface area (Å²) in [6, 6.07) is 9.18. The van der Waals surface area contributed by atoms with Gasteiger partial charge in [-0.1, -0.05) is 37.3 Å². The lowest BCUT2D eigenvalue weighted by molar-refractivity contribution is -0.157. The van der Waals surface area contributed by atoms with Crippen LogP contribution < -0.4 is 0 Å². The average Bonchev–Trinajstić information content (AvgIpc) is 2.66. The summed E-state index contributed by atoms with van der Waals surface area (Å²) in [4.78, 5) is 11.8. The minimum atomic E-state index is -1.32. The van der Waals surface area contributed by atoms with E-state index in [4.69, 9.17) is 0 Å². The second-order valence-electron chi connectivity index (χ2n) is 4.25. The van der Waals surface area contributed by atoms with E-state index in [1.165, 1.54) is 5.01 Å². The predicted molar refractivity (Wildman–Crippen MR) is 65.2 cm³/mol. The molecular formula is C13H16N2O2. The zero-order valence-electron chi connectivity index (χ0n) is 10.1. The highest BCUT2D eigenvalue weighted by Gasteiger charge is 2.43. The van der Waals surface area contributed by atoms with Crippen molar-refractivity contribution >= 4 is 11.6 Å². The van der Waals surface area contributed by atoms with Gasteiger partial charge < -0.3 is 5.11 Å². The highest BCUT2D eigenvalue weighted by atomic mass is 16.3. The molecule has 1 aromatic rings. The lowest BCUT2D eigenvalue weighted by Crippen LogP contribution is -2.43. The summed E-state index contributed by atoms with van der Waals surface area (Å²) in [5, 5.41) is 16.0. The molecule has 90 valence electrons. The van der Waals surface area contributed by atoms with Crippen LogP contribution in [0.3, 0.4) is 0 Å². The molecule has 0 bridgehead atoms. The molecular weight excluding hydrogens is 216 g/mol. The first-order chi connectivity index (χ1) is 8.08. The van der Waals surface area contributed by atoms with Gasteiger partial charge in [0.05, 0.1) is 0 Å². The molecule has 0 fully saturated rings. The van der Waals surface area contributed by atoms with Crippen molar-refractivity contribution in [3.05, 3.63) is 35.9 Å². The minimum absolute atomic E-state index is 0.173. The van der Waals surface area contributed by atoms with E-state index in [1.807, 2.05) is 37.3 Å². The second kappa shape index (κ2) is 4.30. The molecule has 2 rings (SSSR count). The average molecular weight is 232 g/mol. The van der Waals surface area contributed by atoms with E-state index in [9.17, 15) is 9.90 Å². The Morgan fingerprint density at radius 2 is 2.12 bits per heavy atom. The van der Waals surface area contributed by atoms with Crippen LogP contribution in [0, 0.1) is 0 Å². The van der Waals surface area contributed by atoms with Gasteiger partial charge in [0, 0.05) is 24.1 Å². The molecule has 4 nitrogen and oxygen atoms in total. The minimum Gasteiger partial charge on any atom is -0.365 e. The number of hydrogen-bond donors (Lipinski definition) is 1. The van der Waals surface area contributed by atoms with E-state index in [-0.39, 0.29) is 5.91 Å². The van der Waals surface area contributed by atoms with Crippen LogP contribution in [-0.4, -0.2) is 21.7 Å². The molecule has 0 aromatic heterocycles. The summed E-state index contributed by atoms with van der Waals surface area (Å²) in [5.41, 5.74) is 0.138. The van der Waals surface area contributed by atoms with Gasteiger partial charge in [-0.15, -0.1) is 0 Å². The van der Waals surface area contributed by atoms with Gasteiger partial charge in [0.1, 0.15) is 0 Å². The number of benzene rings is 1. The summed E-state index contributed by atoms with van der Waals surface area (Å²) in [6.45, 7) is 3.58. The molecule has 0 aliphatic carbocycles. The molecule has 17 heavy (non-hydrogen) atoms. The molecule has 1 aromatic carbocycles. The van der Waals surface area contributed by atoms with Crippen molar-refractivity contribution in [1.82, 2.24) is 5.01 Å². The highest BCUT2D eigenvalue weighted by Crippen LogP contribution is 2.35. The zero-order valence-corrected chi connectivity index (χ0v) is 10.1. The van der Waals surface area contributed by atoms with E-state index < -0.39 is 5.72 Å². The van der Waals surface area contributed by atoms with Crippen molar-refractivity contribution < 1.29 is 9.90 Å². The first-order valence-corrected chi connectivity index (χ1v) is 5.73. The molecule has 1 amide bonds. The van der Waals surface area contributed by atoms with Gasteiger partial charge in [-0.3, -0.25) is 4.79 Å². The summed E-state index contributed by atoms with van der Waals surface area (Å²) in [5.74, 6) is -0.173. The maximum Gasteiger partial charge on any atom is 0.245 e. The second-order valence-corrected chi connectivity index (χ2v) is 4.25. The predicted octanol–water partition coefficient (Wildman–Crippen LogP) is 1.85. The summed E-state index contributed by atoms with van der Waals surface area (Å²) >= 11 is 0. The van der Waals surface area contributed by atoms with E-state index in [0.717, 1.165) is 5.71 Å². The Morgan fingerprint density at radius 1 is 1.47 bits per heavy atom. The number of carbonyl (C=O) groups excluding carboxylic acids is 1. The zero-order chi connectivity index (χ0) is 12.5. The van der Waals surface area contributed by atoms with Crippen LogP contribution in [0.5, 0.6) is 0 Å². The molecule has 1 aliphatic rings. The number of rotatable bonds is 2. The van der Waals surface area contributed by atoms with Crippen molar-refractivity contribution in [3.63, 3.8) is 0 Å². The number of nitrogens with zero attached hydrogens (tertiary/aromatic N) is 2. The van der Waals surface area contributed by atoms with Crippen LogP contribution in [-0.2, 0) is 10.5 Å². The van der Waals surface area contributed by atoms with Crippen molar-refractivity contribution in [2.45, 2.75) is 32.4 Å². The molecule has 1 heterocycles. The fraction of sp³-hybridized carbons (Fsp3) is 0.385. The number of aliphatic hydroxyl groups is 1. The summed E-state index contributed by atoms with van der Waals surface area (Å²) < 4.78 is 0. The Labute approximate surface area is 101 Å². The van der Waals surface area contributed by atoms with Crippen LogP contribution >= 0.6 is 0 Å². The van der Waals surface area contributed by atoms with Crippen molar-refractivity contribution in [3.8, 4) is 0 Å². The van der Waals surface area contributed by atoms with Gasteiger partial charge >= 0.3 is 0 Å². The van der Waals surface area contributed by atoms with E-state index in [2.05, 4.69) is 5.10 Å². The van der Waals surface area contributed by atoms with Crippen LogP contribution in [0.4, 0.5) is 0 Å². The number of carbonyl (C=O) groups is 1. The number of hydrazone groups is 1. The molecule has 0 radical (unpaired) electrons. The maximum atomic E-state index is 11.8. The van der Waals surface area contributed by atoms with Crippen molar-refractivity contribution in [2.75, 3.05) is 0 Å². The third-order valence-electron chi connectivity index (χ3n) is 2.90. The Bertz CT molecular complexity index is 456. The van der Waals surface area contributed by atoms with Gasteiger partial charge in [0.2, 0.25) is 5.91 Å². The van der Waals surface area contributed by atoms with Crippen LogP contribution in [0.2, 0.25) is 0 Å². The summed E-state index contributed by atoms with van der Waals surface area (Å²) in [7, 11) is 0.